The summed E-state index contributed by atoms with van der Waals surface area (Å²) in [5.74, 6) is -1.58. The highest BCUT2D eigenvalue weighted by molar-refractivity contribution is 6.39. The third kappa shape index (κ3) is 3.79. The van der Waals surface area contributed by atoms with Crippen molar-refractivity contribution in [2.75, 3.05) is 5.32 Å². The van der Waals surface area contributed by atoms with Gasteiger partial charge in [0.25, 0.3) is 0 Å². The number of benzene rings is 1. The van der Waals surface area contributed by atoms with Gasteiger partial charge in [-0.25, -0.2) is 0 Å². The van der Waals surface area contributed by atoms with Crippen LogP contribution in [0.15, 0.2) is 18.2 Å². The van der Waals surface area contributed by atoms with Gasteiger partial charge in [0.15, 0.2) is 0 Å². The molecule has 0 saturated carbocycles. The number of aromatic hydroxyl groups is 1. The first-order chi connectivity index (χ1) is 7.90. The van der Waals surface area contributed by atoms with Crippen molar-refractivity contribution in [2.24, 2.45) is 0 Å². The first-order valence-electron chi connectivity index (χ1n) is 5.31. The van der Waals surface area contributed by atoms with Crippen LogP contribution >= 0.6 is 0 Å². The van der Waals surface area contributed by atoms with E-state index >= 15 is 0 Å². The van der Waals surface area contributed by atoms with Gasteiger partial charge in [-0.05, 0) is 38.5 Å². The van der Waals surface area contributed by atoms with Gasteiger partial charge in [0.2, 0.25) is 0 Å². The van der Waals surface area contributed by atoms with Crippen LogP contribution in [0.2, 0.25) is 0 Å². The zero-order valence-electron chi connectivity index (χ0n) is 10.1. The quantitative estimate of drug-likeness (QED) is 0.532. The number of hydrogen-bond acceptors (Lipinski definition) is 3. The zero-order chi connectivity index (χ0) is 13.0. The van der Waals surface area contributed by atoms with Crippen molar-refractivity contribution in [2.45, 2.75) is 26.8 Å². The predicted octanol–water partition coefficient (Wildman–Crippen LogP) is 1.16. The minimum atomic E-state index is -0.792. The lowest BCUT2D eigenvalue weighted by atomic mass is 10.2. The molecule has 0 atom stereocenters. The molecule has 0 heterocycles. The van der Waals surface area contributed by atoms with Crippen LogP contribution in [-0.2, 0) is 9.59 Å². The highest BCUT2D eigenvalue weighted by Gasteiger charge is 2.15. The van der Waals surface area contributed by atoms with Crippen molar-refractivity contribution in [3.05, 3.63) is 23.8 Å². The number of phenolic OH excluding ortho intramolecular Hbond substituents is 1. The molecule has 1 rings (SSSR count). The van der Waals surface area contributed by atoms with Gasteiger partial charge in [0.05, 0.1) is 5.69 Å². The molecule has 0 saturated heterocycles. The molecule has 2 amide bonds. The molecule has 0 spiro atoms. The molecule has 0 unspecified atom stereocenters. The van der Waals surface area contributed by atoms with E-state index in [4.69, 9.17) is 0 Å². The van der Waals surface area contributed by atoms with Crippen LogP contribution in [0.5, 0.6) is 5.75 Å². The van der Waals surface area contributed by atoms with Gasteiger partial charge in [-0.1, -0.05) is 6.07 Å². The maximum atomic E-state index is 11.5. The Balaban J connectivity index is 2.74. The molecule has 5 nitrogen and oxygen atoms in total. The molecule has 1 aromatic rings. The molecule has 0 aliphatic heterocycles. The first kappa shape index (κ1) is 13.0. The van der Waals surface area contributed by atoms with E-state index in [1.165, 1.54) is 6.07 Å². The molecule has 3 N–H and O–H groups in total. The molecule has 5 heteroatoms. The van der Waals surface area contributed by atoms with Crippen LogP contribution in [0.1, 0.15) is 19.4 Å². The maximum absolute atomic E-state index is 11.5. The molecule has 1 aromatic carbocycles. The van der Waals surface area contributed by atoms with Gasteiger partial charge in [0, 0.05) is 6.04 Å². The van der Waals surface area contributed by atoms with Crippen molar-refractivity contribution in [1.82, 2.24) is 5.32 Å². The van der Waals surface area contributed by atoms with E-state index in [1.807, 2.05) is 6.92 Å². The molecule has 0 aromatic heterocycles. The van der Waals surface area contributed by atoms with Crippen molar-refractivity contribution in [1.29, 1.82) is 0 Å². The molecular formula is C12H16N2O3. The van der Waals surface area contributed by atoms with E-state index in [2.05, 4.69) is 10.6 Å². The molecule has 0 radical (unpaired) electrons. The third-order valence-corrected chi connectivity index (χ3v) is 2.03. The van der Waals surface area contributed by atoms with E-state index in [0.29, 0.717) is 0 Å². The van der Waals surface area contributed by atoms with Crippen molar-refractivity contribution < 1.29 is 14.7 Å². The number of aryl methyl sites for hydroxylation is 1. The fourth-order valence-corrected chi connectivity index (χ4v) is 1.26. The fraction of sp³-hybridized carbons (Fsp3) is 0.333. The second kappa shape index (κ2) is 5.34. The number of anilines is 1. The van der Waals surface area contributed by atoms with Crippen LogP contribution in [0.3, 0.4) is 0 Å². The summed E-state index contributed by atoms with van der Waals surface area (Å²) in [7, 11) is 0. The predicted molar refractivity (Wildman–Crippen MR) is 64.8 cm³/mol. The Labute approximate surface area is 99.8 Å². The molecule has 17 heavy (non-hydrogen) atoms. The van der Waals surface area contributed by atoms with E-state index in [0.717, 1.165) is 5.56 Å². The normalized spacial score (nSPS) is 10.1. The van der Waals surface area contributed by atoms with Gasteiger partial charge in [-0.3, -0.25) is 9.59 Å². The van der Waals surface area contributed by atoms with Crippen LogP contribution in [0.25, 0.3) is 0 Å². The maximum Gasteiger partial charge on any atom is 0.313 e. The van der Waals surface area contributed by atoms with E-state index in [-0.39, 0.29) is 17.5 Å². The number of amides is 2. The zero-order valence-corrected chi connectivity index (χ0v) is 10.1. The van der Waals surface area contributed by atoms with Crippen LogP contribution in [-0.4, -0.2) is 23.0 Å². The SMILES string of the molecule is Cc1ccc(O)c(NC(=O)C(=O)NC(C)C)c1. The van der Waals surface area contributed by atoms with Gasteiger partial charge in [0.1, 0.15) is 5.75 Å². The molecule has 0 fully saturated rings. The second-order valence-corrected chi connectivity index (χ2v) is 4.10. The summed E-state index contributed by atoms with van der Waals surface area (Å²) in [5.41, 5.74) is 1.11. The lowest BCUT2D eigenvalue weighted by molar-refractivity contribution is -0.136. The van der Waals surface area contributed by atoms with E-state index in [1.54, 1.807) is 26.0 Å². The number of carbonyl (C=O) groups is 2. The summed E-state index contributed by atoms with van der Waals surface area (Å²) < 4.78 is 0. The van der Waals surface area contributed by atoms with Crippen LogP contribution in [0, 0.1) is 6.92 Å². The Bertz CT molecular complexity index is 441. The highest BCUT2D eigenvalue weighted by atomic mass is 16.3. The number of rotatable bonds is 2. The van der Waals surface area contributed by atoms with Crippen molar-refractivity contribution in [3.63, 3.8) is 0 Å². The Kier molecular flexibility index (Phi) is 4.09. The van der Waals surface area contributed by atoms with Gasteiger partial charge in [-0.15, -0.1) is 0 Å². The third-order valence-electron chi connectivity index (χ3n) is 2.03. The standard InChI is InChI=1S/C12H16N2O3/c1-7(2)13-11(16)12(17)14-9-6-8(3)4-5-10(9)15/h4-7,15H,1-3H3,(H,13,16)(H,14,17). The monoisotopic (exact) mass is 236 g/mol. The summed E-state index contributed by atoms with van der Waals surface area (Å²) in [6.45, 7) is 5.34. The number of hydrogen-bond donors (Lipinski definition) is 3. The number of nitrogens with one attached hydrogen (secondary N) is 2. The summed E-state index contributed by atoms with van der Waals surface area (Å²) >= 11 is 0. The van der Waals surface area contributed by atoms with Crippen molar-refractivity contribution >= 4 is 17.5 Å². The van der Waals surface area contributed by atoms with Gasteiger partial charge < -0.3 is 15.7 Å². The van der Waals surface area contributed by atoms with E-state index in [9.17, 15) is 14.7 Å². The minimum Gasteiger partial charge on any atom is -0.506 e. The average molecular weight is 236 g/mol. The smallest absolute Gasteiger partial charge is 0.313 e. The lowest BCUT2D eigenvalue weighted by Crippen LogP contribution is -2.39. The van der Waals surface area contributed by atoms with Gasteiger partial charge >= 0.3 is 11.8 Å². The summed E-state index contributed by atoms with van der Waals surface area (Å²) in [6.07, 6.45) is 0. The lowest BCUT2D eigenvalue weighted by Gasteiger charge is -2.10. The number of carbonyl (C=O) groups excluding carboxylic acids is 2. The topological polar surface area (TPSA) is 78.4 Å². The molecule has 0 aliphatic carbocycles. The Morgan fingerprint density at radius 3 is 2.47 bits per heavy atom. The molecular weight excluding hydrogens is 220 g/mol. The highest BCUT2D eigenvalue weighted by Crippen LogP contribution is 2.23. The second-order valence-electron chi connectivity index (χ2n) is 4.10. The summed E-state index contributed by atoms with van der Waals surface area (Å²) in [6, 6.07) is 4.65. The molecule has 0 bridgehead atoms. The Morgan fingerprint density at radius 2 is 1.88 bits per heavy atom. The van der Waals surface area contributed by atoms with Crippen LogP contribution in [0.4, 0.5) is 5.69 Å². The largest absolute Gasteiger partial charge is 0.506 e. The average Bonchev–Trinajstić information content (AvgIpc) is 2.22. The van der Waals surface area contributed by atoms with Crippen molar-refractivity contribution in [3.8, 4) is 5.75 Å². The fourth-order valence-electron chi connectivity index (χ4n) is 1.26. The Hall–Kier alpha value is -2.04. The van der Waals surface area contributed by atoms with Crippen LogP contribution < -0.4 is 10.6 Å². The molecule has 92 valence electrons. The summed E-state index contributed by atoms with van der Waals surface area (Å²) in [4.78, 5) is 22.8. The molecule has 0 aliphatic rings. The Morgan fingerprint density at radius 1 is 1.24 bits per heavy atom. The van der Waals surface area contributed by atoms with E-state index < -0.39 is 11.8 Å². The summed E-state index contributed by atoms with van der Waals surface area (Å²) in [5, 5.41) is 14.3. The first-order valence-corrected chi connectivity index (χ1v) is 5.31. The minimum absolute atomic E-state index is 0.0682. The van der Waals surface area contributed by atoms with Gasteiger partial charge in [-0.2, -0.15) is 0 Å². The number of phenols is 1.